The number of aliphatic hydroxyl groups excluding tert-OH is 1. The molecule has 0 fully saturated rings. The molecule has 0 unspecified atom stereocenters. The summed E-state index contributed by atoms with van der Waals surface area (Å²) in [6, 6.07) is 10.3. The summed E-state index contributed by atoms with van der Waals surface area (Å²) in [4.78, 5) is 10.3. The minimum atomic E-state index is -3.55. The fourth-order valence-electron chi connectivity index (χ4n) is 2.51. The summed E-state index contributed by atoms with van der Waals surface area (Å²) in [6.07, 6.45) is 2.38. The van der Waals surface area contributed by atoms with Crippen LogP contribution in [-0.2, 0) is 21.6 Å². The van der Waals surface area contributed by atoms with Crippen LogP contribution in [0.15, 0.2) is 60.3 Å². The molecule has 2 aromatic heterocycles. The first-order valence-electron chi connectivity index (χ1n) is 8.22. The number of hydrogen-bond acceptors (Lipinski definition) is 6. The number of halogens is 1. The molecule has 0 aliphatic heterocycles. The Morgan fingerprint density at radius 1 is 1.32 bits per heavy atom. The summed E-state index contributed by atoms with van der Waals surface area (Å²) >= 11 is 0. The summed E-state index contributed by atoms with van der Waals surface area (Å²) in [5.41, 5.74) is 8.46. The van der Waals surface area contributed by atoms with Gasteiger partial charge in [0.05, 0.1) is 11.5 Å². The molecule has 0 saturated carbocycles. The van der Waals surface area contributed by atoms with Crippen molar-refractivity contribution in [1.29, 1.82) is 0 Å². The van der Waals surface area contributed by atoms with Gasteiger partial charge < -0.3 is 20.8 Å². The Labute approximate surface area is 161 Å². The number of rotatable bonds is 7. The van der Waals surface area contributed by atoms with E-state index >= 15 is 0 Å². The smallest absolute Gasteiger partial charge is 0.240 e. The van der Waals surface area contributed by atoms with Crippen LogP contribution in [0.1, 0.15) is 5.69 Å². The highest BCUT2D eigenvalue weighted by Crippen LogP contribution is 2.28. The lowest BCUT2D eigenvalue weighted by Crippen LogP contribution is -2.29. The monoisotopic (exact) mass is 408 g/mol. The highest BCUT2D eigenvalue weighted by atomic mass is 32.2. The first-order chi connectivity index (χ1) is 13.5. The third kappa shape index (κ3) is 5.14. The number of aliphatic hydroxyl groups is 1. The van der Waals surface area contributed by atoms with Crippen LogP contribution in [0.2, 0.25) is 0 Å². The fourth-order valence-corrected chi connectivity index (χ4v) is 3.56. The molecule has 0 spiro atoms. The van der Waals surface area contributed by atoms with E-state index in [0.29, 0.717) is 17.6 Å². The number of benzene rings is 1. The van der Waals surface area contributed by atoms with E-state index in [2.05, 4.69) is 26.2 Å². The average molecular weight is 408 g/mol. The van der Waals surface area contributed by atoms with Crippen LogP contribution in [0.4, 0.5) is 4.53 Å². The number of aromatic nitrogens is 2. The SMILES string of the molecule is C=COF.NCCNS(=O)(=O)c1ccc(-c2ccnc3[nH]c(CO)cc23)cc1. The lowest BCUT2D eigenvalue weighted by molar-refractivity contribution is -0.0611. The van der Waals surface area contributed by atoms with Crippen molar-refractivity contribution in [2.24, 2.45) is 5.73 Å². The van der Waals surface area contributed by atoms with Crippen molar-refractivity contribution in [2.75, 3.05) is 13.1 Å². The van der Waals surface area contributed by atoms with Gasteiger partial charge in [-0.3, -0.25) is 0 Å². The average Bonchev–Trinajstić information content (AvgIpc) is 3.16. The van der Waals surface area contributed by atoms with Crippen LogP contribution in [0.3, 0.4) is 0 Å². The molecular formula is C18H21FN4O4S. The molecule has 3 aromatic rings. The van der Waals surface area contributed by atoms with E-state index in [9.17, 15) is 18.1 Å². The van der Waals surface area contributed by atoms with Crippen LogP contribution in [0, 0.1) is 0 Å². The summed E-state index contributed by atoms with van der Waals surface area (Å²) in [7, 11) is -3.55. The van der Waals surface area contributed by atoms with Crippen molar-refractivity contribution in [3.63, 3.8) is 0 Å². The zero-order valence-electron chi connectivity index (χ0n) is 14.9. The molecule has 0 atom stereocenters. The predicted octanol–water partition coefficient (Wildman–Crippen LogP) is 1.99. The number of nitrogens with one attached hydrogen (secondary N) is 2. The lowest BCUT2D eigenvalue weighted by Gasteiger charge is -2.07. The first-order valence-corrected chi connectivity index (χ1v) is 9.71. The molecule has 5 N–H and O–H groups in total. The predicted molar refractivity (Wildman–Crippen MR) is 104 cm³/mol. The van der Waals surface area contributed by atoms with Gasteiger partial charge in [0.2, 0.25) is 10.0 Å². The lowest BCUT2D eigenvalue weighted by atomic mass is 10.0. The quantitative estimate of drug-likeness (QED) is 0.442. The van der Waals surface area contributed by atoms with E-state index in [1.54, 1.807) is 30.5 Å². The second kappa shape index (κ2) is 9.95. The number of aromatic amines is 1. The molecule has 1 aromatic carbocycles. The van der Waals surface area contributed by atoms with Crippen molar-refractivity contribution in [3.8, 4) is 11.1 Å². The molecule has 0 saturated heterocycles. The molecule has 8 nitrogen and oxygen atoms in total. The maximum atomic E-state index is 12.1. The molecule has 2 heterocycles. The molecule has 0 radical (unpaired) electrons. The Morgan fingerprint density at radius 2 is 2.00 bits per heavy atom. The molecule has 28 heavy (non-hydrogen) atoms. The van der Waals surface area contributed by atoms with Gasteiger partial charge in [-0.15, -0.1) is 0 Å². The van der Waals surface area contributed by atoms with Gasteiger partial charge in [0.1, 0.15) is 11.9 Å². The standard InChI is InChI=1S/C16H18N4O3S.C2H3FO/c17-6-8-19-24(22,23)13-3-1-11(2-4-13)14-5-7-18-16-15(14)9-12(10-21)20-16;1-2-4-3/h1-5,7,9,19,21H,6,8,10,17H2,(H,18,20);2H,1H2. The fraction of sp³-hybridized carbons (Fsp3) is 0.167. The van der Waals surface area contributed by atoms with Gasteiger partial charge in [0.25, 0.3) is 0 Å². The zero-order chi connectivity index (χ0) is 20.6. The minimum Gasteiger partial charge on any atom is -0.390 e. The number of nitrogens with zero attached hydrogens (tertiary/aromatic N) is 1. The topological polar surface area (TPSA) is 130 Å². The third-order valence-electron chi connectivity index (χ3n) is 3.73. The Morgan fingerprint density at radius 3 is 2.57 bits per heavy atom. The molecule has 10 heteroatoms. The van der Waals surface area contributed by atoms with E-state index < -0.39 is 10.0 Å². The van der Waals surface area contributed by atoms with Crippen LogP contribution in [-0.4, -0.2) is 36.6 Å². The second-order valence-corrected chi connectivity index (χ2v) is 7.31. The van der Waals surface area contributed by atoms with Gasteiger partial charge in [0, 0.05) is 34.9 Å². The van der Waals surface area contributed by atoms with Crippen molar-refractivity contribution in [3.05, 3.63) is 61.1 Å². The number of H-pyrrole nitrogens is 1. The van der Waals surface area contributed by atoms with Crippen molar-refractivity contribution >= 4 is 21.1 Å². The zero-order valence-corrected chi connectivity index (χ0v) is 15.7. The summed E-state index contributed by atoms with van der Waals surface area (Å²) in [5, 5.41) is 10.1. The van der Waals surface area contributed by atoms with E-state index in [1.165, 1.54) is 0 Å². The van der Waals surface area contributed by atoms with Gasteiger partial charge in [-0.25, -0.2) is 18.1 Å². The van der Waals surface area contributed by atoms with Gasteiger partial charge in [-0.1, -0.05) is 18.7 Å². The highest BCUT2D eigenvalue weighted by molar-refractivity contribution is 7.89. The number of sulfonamides is 1. The van der Waals surface area contributed by atoms with Crippen LogP contribution in [0.25, 0.3) is 22.2 Å². The number of fused-ring (bicyclic) bond motifs is 1. The van der Waals surface area contributed by atoms with Crippen LogP contribution in [0.5, 0.6) is 0 Å². The van der Waals surface area contributed by atoms with E-state index in [-0.39, 0.29) is 24.6 Å². The first kappa shape index (κ1) is 21.5. The maximum Gasteiger partial charge on any atom is 0.240 e. The maximum absolute atomic E-state index is 12.1. The Kier molecular flexibility index (Phi) is 7.64. The normalized spacial score (nSPS) is 11.0. The summed E-state index contributed by atoms with van der Waals surface area (Å²) in [5.74, 6) is 0. The van der Waals surface area contributed by atoms with Gasteiger partial charge >= 0.3 is 0 Å². The molecule has 0 amide bonds. The molecule has 0 bridgehead atoms. The van der Waals surface area contributed by atoms with E-state index in [1.807, 2.05) is 12.1 Å². The molecule has 3 rings (SSSR count). The molecule has 0 aliphatic carbocycles. The number of nitrogens with two attached hydrogens (primary N) is 1. The Bertz CT molecular complexity index is 1020. The number of pyridine rings is 1. The van der Waals surface area contributed by atoms with Crippen molar-refractivity contribution in [2.45, 2.75) is 11.5 Å². The molecule has 150 valence electrons. The Hall–Kier alpha value is -2.79. The summed E-state index contributed by atoms with van der Waals surface area (Å²) in [6.45, 7) is 3.22. The van der Waals surface area contributed by atoms with Gasteiger partial charge in [0.15, 0.2) is 0 Å². The van der Waals surface area contributed by atoms with Crippen molar-refractivity contribution in [1.82, 2.24) is 14.7 Å². The second-order valence-electron chi connectivity index (χ2n) is 5.54. The Balaban J connectivity index is 0.000000640. The number of hydrogen-bond donors (Lipinski definition) is 4. The van der Waals surface area contributed by atoms with Gasteiger partial charge in [-0.05, 0) is 35.4 Å². The van der Waals surface area contributed by atoms with E-state index in [0.717, 1.165) is 16.5 Å². The highest BCUT2D eigenvalue weighted by Gasteiger charge is 2.14. The largest absolute Gasteiger partial charge is 0.390 e. The summed E-state index contributed by atoms with van der Waals surface area (Å²) < 4.78 is 36.7. The van der Waals surface area contributed by atoms with Gasteiger partial charge in [-0.2, -0.15) is 0 Å². The molecular weight excluding hydrogens is 387 g/mol. The molecule has 0 aliphatic rings. The van der Waals surface area contributed by atoms with Crippen LogP contribution < -0.4 is 10.5 Å². The van der Waals surface area contributed by atoms with E-state index in [4.69, 9.17) is 5.73 Å². The van der Waals surface area contributed by atoms with Crippen LogP contribution >= 0.6 is 0 Å². The minimum absolute atomic E-state index is 0.0974. The third-order valence-corrected chi connectivity index (χ3v) is 5.21. The van der Waals surface area contributed by atoms with Crippen molar-refractivity contribution < 1.29 is 23.0 Å².